The Morgan fingerprint density at radius 2 is 1.76 bits per heavy atom. The van der Waals surface area contributed by atoms with Crippen LogP contribution in [0.2, 0.25) is 0 Å². The van der Waals surface area contributed by atoms with Crippen molar-refractivity contribution in [3.63, 3.8) is 0 Å². The van der Waals surface area contributed by atoms with Gasteiger partial charge in [-0.2, -0.15) is 0 Å². The van der Waals surface area contributed by atoms with Crippen molar-refractivity contribution in [1.29, 1.82) is 0 Å². The number of hydrogen-bond acceptors (Lipinski definition) is 4. The second-order valence-corrected chi connectivity index (χ2v) is 4.13. The summed E-state index contributed by atoms with van der Waals surface area (Å²) in [5.74, 6) is -1.67. The Morgan fingerprint density at radius 3 is 2.18 bits per heavy atom. The first-order valence-corrected chi connectivity index (χ1v) is 5.34. The van der Waals surface area contributed by atoms with Crippen LogP contribution in [-0.4, -0.2) is 35.5 Å². The van der Waals surface area contributed by atoms with Gasteiger partial charge in [0.25, 0.3) is 5.91 Å². The Bertz CT molecular complexity index is 291. The van der Waals surface area contributed by atoms with E-state index in [1.165, 1.54) is 6.92 Å². The highest BCUT2D eigenvalue weighted by Gasteiger charge is 2.19. The average Bonchev–Trinajstić information content (AvgIpc) is 2.20. The number of aliphatic carboxylic acids is 1. The number of nitrogens with one attached hydrogen (secondary N) is 3. The molecule has 0 bridgehead atoms. The second kappa shape index (κ2) is 7.61. The van der Waals surface area contributed by atoms with Gasteiger partial charge in [-0.05, 0) is 12.3 Å². The Morgan fingerprint density at radius 1 is 1.18 bits per heavy atom. The maximum atomic E-state index is 11.2. The average molecular weight is 245 g/mol. The van der Waals surface area contributed by atoms with Crippen molar-refractivity contribution < 1.29 is 19.5 Å². The SMILES string of the molecule is CC(=O)NNC(=O)CNC(CC(C)C)C(=O)O. The van der Waals surface area contributed by atoms with Gasteiger partial charge in [0.05, 0.1) is 6.54 Å². The summed E-state index contributed by atoms with van der Waals surface area (Å²) in [6, 6.07) is -0.766. The monoisotopic (exact) mass is 245 g/mol. The number of hydrogen-bond donors (Lipinski definition) is 4. The molecule has 2 amide bonds. The number of rotatable bonds is 6. The summed E-state index contributed by atoms with van der Waals surface area (Å²) in [4.78, 5) is 32.5. The number of carboxylic acids is 1. The van der Waals surface area contributed by atoms with Crippen molar-refractivity contribution in [2.24, 2.45) is 5.92 Å². The molecule has 0 aromatic rings. The summed E-state index contributed by atoms with van der Waals surface area (Å²) >= 11 is 0. The van der Waals surface area contributed by atoms with Gasteiger partial charge in [-0.25, -0.2) is 0 Å². The van der Waals surface area contributed by atoms with Crippen molar-refractivity contribution in [2.75, 3.05) is 6.54 Å². The molecule has 0 rings (SSSR count). The Kier molecular flexibility index (Phi) is 6.88. The maximum absolute atomic E-state index is 11.2. The van der Waals surface area contributed by atoms with Gasteiger partial charge in [0.15, 0.2) is 0 Å². The van der Waals surface area contributed by atoms with E-state index in [4.69, 9.17) is 5.11 Å². The molecule has 17 heavy (non-hydrogen) atoms. The van der Waals surface area contributed by atoms with E-state index in [0.717, 1.165) is 0 Å². The summed E-state index contributed by atoms with van der Waals surface area (Å²) in [5, 5.41) is 11.5. The molecule has 98 valence electrons. The zero-order valence-electron chi connectivity index (χ0n) is 10.2. The summed E-state index contributed by atoms with van der Waals surface area (Å²) < 4.78 is 0. The van der Waals surface area contributed by atoms with Gasteiger partial charge in [0.2, 0.25) is 5.91 Å². The van der Waals surface area contributed by atoms with E-state index < -0.39 is 23.8 Å². The zero-order chi connectivity index (χ0) is 13.4. The first-order chi connectivity index (χ1) is 7.82. The van der Waals surface area contributed by atoms with Crippen LogP contribution in [0.3, 0.4) is 0 Å². The third-order valence-electron chi connectivity index (χ3n) is 1.89. The molecule has 0 saturated carbocycles. The molecule has 0 spiro atoms. The lowest BCUT2D eigenvalue weighted by molar-refractivity contribution is -0.140. The standard InChI is InChI=1S/C10H19N3O4/c1-6(2)4-8(10(16)17)11-5-9(15)13-12-7(3)14/h6,8,11H,4-5H2,1-3H3,(H,12,14)(H,13,15)(H,16,17). The van der Waals surface area contributed by atoms with Gasteiger partial charge < -0.3 is 5.11 Å². The highest BCUT2D eigenvalue weighted by atomic mass is 16.4. The minimum Gasteiger partial charge on any atom is -0.480 e. The molecule has 0 radical (unpaired) electrons. The van der Waals surface area contributed by atoms with Gasteiger partial charge in [0, 0.05) is 6.92 Å². The van der Waals surface area contributed by atoms with Crippen LogP contribution in [0, 0.1) is 5.92 Å². The molecule has 1 unspecified atom stereocenters. The van der Waals surface area contributed by atoms with Gasteiger partial charge >= 0.3 is 5.97 Å². The minimum atomic E-state index is -0.994. The largest absolute Gasteiger partial charge is 0.480 e. The predicted molar refractivity (Wildman–Crippen MR) is 60.8 cm³/mol. The van der Waals surface area contributed by atoms with Crippen LogP contribution in [0.1, 0.15) is 27.2 Å². The lowest BCUT2D eigenvalue weighted by atomic mass is 10.0. The van der Waals surface area contributed by atoms with Crippen LogP contribution in [-0.2, 0) is 14.4 Å². The van der Waals surface area contributed by atoms with Gasteiger partial charge in [0.1, 0.15) is 6.04 Å². The maximum Gasteiger partial charge on any atom is 0.320 e. The molecule has 0 aliphatic carbocycles. The molecule has 1 atom stereocenters. The Balaban J connectivity index is 3.99. The zero-order valence-corrected chi connectivity index (χ0v) is 10.2. The smallest absolute Gasteiger partial charge is 0.320 e. The van der Waals surface area contributed by atoms with Crippen LogP contribution >= 0.6 is 0 Å². The Labute approximate surface area is 99.9 Å². The van der Waals surface area contributed by atoms with Crippen molar-refractivity contribution in [3.05, 3.63) is 0 Å². The van der Waals surface area contributed by atoms with E-state index in [0.29, 0.717) is 6.42 Å². The van der Waals surface area contributed by atoms with Crippen molar-refractivity contribution in [3.8, 4) is 0 Å². The van der Waals surface area contributed by atoms with Gasteiger partial charge in [-0.3, -0.25) is 30.6 Å². The quantitative estimate of drug-likeness (QED) is 0.460. The van der Waals surface area contributed by atoms with E-state index in [1.54, 1.807) is 0 Å². The van der Waals surface area contributed by atoms with Crippen molar-refractivity contribution in [2.45, 2.75) is 33.2 Å². The molecule has 7 heteroatoms. The normalized spacial score (nSPS) is 12.0. The molecule has 0 aromatic carbocycles. The molecule has 4 N–H and O–H groups in total. The van der Waals surface area contributed by atoms with Crippen LogP contribution in [0.4, 0.5) is 0 Å². The van der Waals surface area contributed by atoms with E-state index in [2.05, 4.69) is 16.2 Å². The number of carbonyl (C=O) groups is 3. The first-order valence-electron chi connectivity index (χ1n) is 5.34. The lowest BCUT2D eigenvalue weighted by Gasteiger charge is -2.16. The molecular formula is C10H19N3O4. The third-order valence-corrected chi connectivity index (χ3v) is 1.89. The predicted octanol–water partition coefficient (Wildman–Crippen LogP) is -0.757. The van der Waals surface area contributed by atoms with Crippen LogP contribution in [0.25, 0.3) is 0 Å². The Hall–Kier alpha value is -1.63. The molecule has 0 aliphatic rings. The molecule has 0 aliphatic heterocycles. The number of amides is 2. The molecule has 0 heterocycles. The van der Waals surface area contributed by atoms with Gasteiger partial charge in [-0.1, -0.05) is 13.8 Å². The first kappa shape index (κ1) is 15.4. The topological polar surface area (TPSA) is 108 Å². The molecular weight excluding hydrogens is 226 g/mol. The number of carbonyl (C=O) groups excluding carboxylic acids is 2. The lowest BCUT2D eigenvalue weighted by Crippen LogP contribution is -2.48. The summed E-state index contributed by atoms with van der Waals surface area (Å²) in [7, 11) is 0. The minimum absolute atomic E-state index is 0.163. The summed E-state index contributed by atoms with van der Waals surface area (Å²) in [6.07, 6.45) is 0.433. The molecule has 0 aromatic heterocycles. The molecule has 0 saturated heterocycles. The van der Waals surface area contributed by atoms with Crippen molar-refractivity contribution >= 4 is 17.8 Å². The van der Waals surface area contributed by atoms with Gasteiger partial charge in [-0.15, -0.1) is 0 Å². The summed E-state index contributed by atoms with van der Waals surface area (Å²) in [6.45, 7) is 4.89. The molecule has 7 nitrogen and oxygen atoms in total. The summed E-state index contributed by atoms with van der Waals surface area (Å²) in [5.41, 5.74) is 4.25. The second-order valence-electron chi connectivity index (χ2n) is 4.13. The van der Waals surface area contributed by atoms with Crippen molar-refractivity contribution in [1.82, 2.24) is 16.2 Å². The van der Waals surface area contributed by atoms with E-state index in [-0.39, 0.29) is 12.5 Å². The number of hydrazine groups is 1. The third kappa shape index (κ3) is 8.21. The highest BCUT2D eigenvalue weighted by molar-refractivity contribution is 5.82. The fourth-order valence-corrected chi connectivity index (χ4v) is 1.16. The van der Waals surface area contributed by atoms with Crippen LogP contribution in [0.15, 0.2) is 0 Å². The fourth-order valence-electron chi connectivity index (χ4n) is 1.16. The highest BCUT2D eigenvalue weighted by Crippen LogP contribution is 2.04. The molecule has 0 fully saturated rings. The van der Waals surface area contributed by atoms with Crippen LogP contribution < -0.4 is 16.2 Å². The number of carboxylic acid groups (broad SMARTS) is 1. The fraction of sp³-hybridized carbons (Fsp3) is 0.700. The van der Waals surface area contributed by atoms with E-state index >= 15 is 0 Å². The van der Waals surface area contributed by atoms with E-state index in [1.807, 2.05) is 13.8 Å². The van der Waals surface area contributed by atoms with E-state index in [9.17, 15) is 14.4 Å². The van der Waals surface area contributed by atoms with Crippen LogP contribution in [0.5, 0.6) is 0 Å².